The van der Waals surface area contributed by atoms with Crippen LogP contribution in [0.25, 0.3) is 10.4 Å². The molecule has 1 atom stereocenters. The van der Waals surface area contributed by atoms with E-state index in [9.17, 15) is 0 Å². The van der Waals surface area contributed by atoms with Crippen molar-refractivity contribution in [3.63, 3.8) is 0 Å². The highest BCUT2D eigenvalue weighted by Gasteiger charge is 2.21. The highest BCUT2D eigenvalue weighted by atomic mass is 16.7. The summed E-state index contributed by atoms with van der Waals surface area (Å²) in [6, 6.07) is 15.9. The Bertz CT molecular complexity index is 744. The van der Waals surface area contributed by atoms with Crippen LogP contribution in [-0.4, -0.2) is 37.4 Å². The summed E-state index contributed by atoms with van der Waals surface area (Å²) in [4.78, 5) is 5.20. The molecule has 0 amide bonds. The first-order valence-electron chi connectivity index (χ1n) is 8.51. The van der Waals surface area contributed by atoms with Crippen molar-refractivity contribution >= 4 is 5.69 Å². The first-order valence-corrected chi connectivity index (χ1v) is 8.51. The zero-order chi connectivity index (χ0) is 17.5. The average Bonchev–Trinajstić information content (AvgIpc) is 2.65. The zero-order valence-electron chi connectivity index (χ0n) is 14.3. The first kappa shape index (κ1) is 17.3. The average molecular weight is 338 g/mol. The van der Waals surface area contributed by atoms with Crippen molar-refractivity contribution in [2.45, 2.75) is 19.6 Å². The number of likely N-dealkylation sites (N-methyl/N-ethyl adjacent to an activating group) is 1. The molecule has 0 spiro atoms. The number of azide groups is 1. The van der Waals surface area contributed by atoms with Crippen LogP contribution in [0.4, 0.5) is 5.69 Å². The van der Waals surface area contributed by atoms with Crippen molar-refractivity contribution in [3.8, 4) is 5.75 Å². The summed E-state index contributed by atoms with van der Waals surface area (Å²) in [6.45, 7) is 5.34. The molecule has 0 bridgehead atoms. The van der Waals surface area contributed by atoms with Gasteiger partial charge in [-0.15, -0.1) is 0 Å². The predicted octanol–water partition coefficient (Wildman–Crippen LogP) is 4.28. The molecule has 25 heavy (non-hydrogen) atoms. The summed E-state index contributed by atoms with van der Waals surface area (Å²) in [7, 11) is 0. The van der Waals surface area contributed by atoms with E-state index in [1.54, 1.807) is 0 Å². The molecule has 3 rings (SSSR count). The van der Waals surface area contributed by atoms with E-state index >= 15 is 0 Å². The molecule has 1 saturated heterocycles. The largest absolute Gasteiger partial charge is 0.463 e. The summed E-state index contributed by atoms with van der Waals surface area (Å²) >= 11 is 0. The predicted molar refractivity (Wildman–Crippen MR) is 97.0 cm³/mol. The van der Waals surface area contributed by atoms with E-state index < -0.39 is 0 Å². The maximum absolute atomic E-state index is 8.87. The number of nitrogens with zero attached hydrogens (tertiary/aromatic N) is 4. The van der Waals surface area contributed by atoms with Crippen molar-refractivity contribution in [1.29, 1.82) is 0 Å². The molecule has 1 unspecified atom stereocenters. The minimum atomic E-state index is -0.346. The van der Waals surface area contributed by atoms with Crippen LogP contribution >= 0.6 is 0 Å². The molecule has 0 aromatic heterocycles. The topological polar surface area (TPSA) is 70.5 Å². The van der Waals surface area contributed by atoms with Gasteiger partial charge in [-0.25, -0.2) is 0 Å². The lowest BCUT2D eigenvalue weighted by Crippen LogP contribution is -2.44. The highest BCUT2D eigenvalue weighted by molar-refractivity contribution is 5.54. The maximum atomic E-state index is 8.87. The third-order valence-electron chi connectivity index (χ3n) is 4.25. The van der Waals surface area contributed by atoms with Crippen molar-refractivity contribution in [2.24, 2.45) is 5.11 Å². The van der Waals surface area contributed by atoms with Gasteiger partial charge in [0.2, 0.25) is 6.29 Å². The molecule has 0 N–H and O–H groups in total. The molecule has 0 aliphatic carbocycles. The summed E-state index contributed by atoms with van der Waals surface area (Å²) in [5, 5.41) is 3.80. The fourth-order valence-electron chi connectivity index (χ4n) is 2.90. The van der Waals surface area contributed by atoms with E-state index in [4.69, 9.17) is 15.0 Å². The van der Waals surface area contributed by atoms with Crippen LogP contribution in [0.3, 0.4) is 0 Å². The standard InChI is InChI=1S/C19H22N4O2/c1-2-23-10-11-24-19(14-23)25-18-9-8-16(13-17(18)21-22-20)12-15-6-4-3-5-7-15/h3-9,13,19H,2,10-12,14H2,1H3. The summed E-state index contributed by atoms with van der Waals surface area (Å²) in [5.74, 6) is 0.553. The Kier molecular flexibility index (Phi) is 5.90. The van der Waals surface area contributed by atoms with Gasteiger partial charge in [0.25, 0.3) is 0 Å². The van der Waals surface area contributed by atoms with Gasteiger partial charge in [-0.1, -0.05) is 48.4 Å². The van der Waals surface area contributed by atoms with Gasteiger partial charge in [-0.3, -0.25) is 4.90 Å². The lowest BCUT2D eigenvalue weighted by atomic mass is 10.0. The van der Waals surface area contributed by atoms with Gasteiger partial charge < -0.3 is 9.47 Å². The van der Waals surface area contributed by atoms with Crippen LogP contribution in [0.15, 0.2) is 53.6 Å². The molecule has 1 aliphatic heterocycles. The number of hydrogen-bond donors (Lipinski definition) is 0. The molecular weight excluding hydrogens is 316 g/mol. The van der Waals surface area contributed by atoms with E-state index in [-0.39, 0.29) is 6.29 Å². The second-order valence-electron chi connectivity index (χ2n) is 5.97. The van der Waals surface area contributed by atoms with E-state index in [0.29, 0.717) is 24.6 Å². The lowest BCUT2D eigenvalue weighted by Gasteiger charge is -2.32. The molecule has 1 heterocycles. The van der Waals surface area contributed by atoms with Crippen molar-refractivity contribution < 1.29 is 9.47 Å². The minimum Gasteiger partial charge on any atom is -0.463 e. The van der Waals surface area contributed by atoms with Crippen LogP contribution in [0.2, 0.25) is 0 Å². The number of rotatable bonds is 6. The smallest absolute Gasteiger partial charge is 0.212 e. The zero-order valence-corrected chi connectivity index (χ0v) is 14.3. The second-order valence-corrected chi connectivity index (χ2v) is 5.97. The molecule has 1 aliphatic rings. The molecular formula is C19H22N4O2. The molecule has 2 aromatic rings. The quantitative estimate of drug-likeness (QED) is 0.448. The van der Waals surface area contributed by atoms with Gasteiger partial charge in [0.1, 0.15) is 5.75 Å². The van der Waals surface area contributed by atoms with Gasteiger partial charge in [-0.05, 0) is 41.8 Å². The number of ether oxygens (including phenoxy) is 2. The highest BCUT2D eigenvalue weighted by Crippen LogP contribution is 2.31. The first-order chi connectivity index (χ1) is 12.3. The van der Waals surface area contributed by atoms with E-state index in [2.05, 4.69) is 34.0 Å². The molecule has 6 nitrogen and oxygen atoms in total. The summed E-state index contributed by atoms with van der Waals surface area (Å²) in [6.07, 6.45) is 0.430. The number of benzene rings is 2. The van der Waals surface area contributed by atoms with Crippen LogP contribution in [-0.2, 0) is 11.2 Å². The van der Waals surface area contributed by atoms with Crippen LogP contribution in [0.1, 0.15) is 18.1 Å². The van der Waals surface area contributed by atoms with E-state index in [1.807, 2.05) is 36.4 Å². The normalized spacial score (nSPS) is 17.7. The monoisotopic (exact) mass is 338 g/mol. The van der Waals surface area contributed by atoms with Crippen molar-refractivity contribution in [1.82, 2.24) is 4.90 Å². The maximum Gasteiger partial charge on any atom is 0.212 e. The molecule has 1 fully saturated rings. The van der Waals surface area contributed by atoms with E-state index in [1.165, 1.54) is 5.56 Å². The fraction of sp³-hybridized carbons (Fsp3) is 0.368. The second kappa shape index (κ2) is 8.53. The van der Waals surface area contributed by atoms with Gasteiger partial charge >= 0.3 is 0 Å². The summed E-state index contributed by atoms with van der Waals surface area (Å²) < 4.78 is 11.6. The third kappa shape index (κ3) is 4.73. The summed E-state index contributed by atoms with van der Waals surface area (Å²) in [5.41, 5.74) is 11.6. The number of hydrogen-bond acceptors (Lipinski definition) is 4. The van der Waals surface area contributed by atoms with Gasteiger partial charge in [0.05, 0.1) is 18.8 Å². The lowest BCUT2D eigenvalue weighted by molar-refractivity contribution is -0.129. The fourth-order valence-corrected chi connectivity index (χ4v) is 2.90. The SMILES string of the molecule is CCN1CCOC(Oc2ccc(Cc3ccccc3)cc2N=[N+]=[N-])C1. The van der Waals surface area contributed by atoms with Crippen LogP contribution in [0, 0.1) is 0 Å². The Balaban J connectivity index is 1.76. The molecule has 0 radical (unpaired) electrons. The molecule has 2 aromatic carbocycles. The van der Waals surface area contributed by atoms with Gasteiger partial charge in [0.15, 0.2) is 0 Å². The Hall–Kier alpha value is -2.53. The van der Waals surface area contributed by atoms with Crippen LogP contribution in [0.5, 0.6) is 5.75 Å². The molecule has 130 valence electrons. The Labute approximate surface area is 147 Å². The number of morpholine rings is 1. The Morgan fingerprint density at radius 3 is 2.84 bits per heavy atom. The Morgan fingerprint density at radius 2 is 2.08 bits per heavy atom. The van der Waals surface area contributed by atoms with Crippen molar-refractivity contribution in [2.75, 3.05) is 26.2 Å². The van der Waals surface area contributed by atoms with Crippen LogP contribution < -0.4 is 4.74 Å². The van der Waals surface area contributed by atoms with Gasteiger partial charge in [0, 0.05) is 11.5 Å². The van der Waals surface area contributed by atoms with Gasteiger partial charge in [-0.2, -0.15) is 0 Å². The van der Waals surface area contributed by atoms with E-state index in [0.717, 1.165) is 25.1 Å². The minimum absolute atomic E-state index is 0.346. The van der Waals surface area contributed by atoms with Crippen molar-refractivity contribution in [3.05, 3.63) is 70.1 Å². The Morgan fingerprint density at radius 1 is 1.24 bits per heavy atom. The third-order valence-corrected chi connectivity index (χ3v) is 4.25. The molecule has 0 saturated carbocycles. The molecule has 6 heteroatoms.